The molecule has 1 saturated heterocycles. The second kappa shape index (κ2) is 7.81. The number of benzene rings is 2. The van der Waals surface area contributed by atoms with Crippen molar-refractivity contribution in [2.75, 3.05) is 11.9 Å². The molecular weight excluding hydrogens is 366 g/mol. The van der Waals surface area contributed by atoms with Crippen LogP contribution in [0.2, 0.25) is 0 Å². The number of likely N-dealkylation sites (tertiary alicyclic amines) is 1. The van der Waals surface area contributed by atoms with Gasteiger partial charge in [-0.15, -0.1) is 5.10 Å². The highest BCUT2D eigenvalue weighted by atomic mass is 19.2. The van der Waals surface area contributed by atoms with Crippen molar-refractivity contribution >= 4 is 11.6 Å². The lowest BCUT2D eigenvalue weighted by molar-refractivity contribution is -0.120. The summed E-state index contributed by atoms with van der Waals surface area (Å²) in [5.41, 5.74) is 1.58. The maximum absolute atomic E-state index is 14.0. The Hall–Kier alpha value is -3.20. The molecule has 0 aliphatic carbocycles. The zero-order chi connectivity index (χ0) is 19.5. The molecule has 4 rings (SSSR count). The highest BCUT2D eigenvalue weighted by Crippen LogP contribution is 2.24. The molecule has 1 aliphatic heterocycles. The number of carbonyl (C=O) groups is 1. The maximum Gasteiger partial charge on any atom is 0.241 e. The fraction of sp³-hybridized carbons (Fsp3) is 0.263. The first kappa shape index (κ1) is 18.2. The van der Waals surface area contributed by atoms with E-state index >= 15 is 0 Å². The Bertz CT molecular complexity index is 978. The number of halogens is 2. The quantitative estimate of drug-likeness (QED) is 0.732. The average molecular weight is 384 g/mol. The number of anilines is 1. The summed E-state index contributed by atoms with van der Waals surface area (Å²) in [4.78, 5) is 14.7. The zero-order valence-corrected chi connectivity index (χ0v) is 14.9. The molecule has 28 heavy (non-hydrogen) atoms. The number of rotatable bonds is 5. The van der Waals surface area contributed by atoms with Crippen LogP contribution in [0.5, 0.6) is 0 Å². The molecule has 1 fully saturated rings. The number of hydrogen-bond acceptors (Lipinski definition) is 5. The minimum absolute atomic E-state index is 0.178. The summed E-state index contributed by atoms with van der Waals surface area (Å²) >= 11 is 0. The molecule has 1 aromatic heterocycles. The number of tetrazole rings is 1. The molecule has 144 valence electrons. The Labute approximate surface area is 160 Å². The fourth-order valence-electron chi connectivity index (χ4n) is 3.43. The van der Waals surface area contributed by atoms with E-state index in [1.807, 2.05) is 11.0 Å². The average Bonchev–Trinajstić information content (AvgIpc) is 3.38. The lowest BCUT2D eigenvalue weighted by Crippen LogP contribution is -2.39. The second-order valence-corrected chi connectivity index (χ2v) is 6.64. The van der Waals surface area contributed by atoms with Crippen LogP contribution < -0.4 is 5.32 Å². The monoisotopic (exact) mass is 384 g/mol. The van der Waals surface area contributed by atoms with Crippen molar-refractivity contribution in [2.45, 2.75) is 25.4 Å². The van der Waals surface area contributed by atoms with Crippen LogP contribution in [0.1, 0.15) is 18.4 Å². The normalized spacial score (nSPS) is 17.0. The predicted octanol–water partition coefficient (Wildman–Crippen LogP) is 2.54. The molecule has 7 nitrogen and oxygen atoms in total. The van der Waals surface area contributed by atoms with E-state index < -0.39 is 17.7 Å². The number of amides is 1. The molecule has 2 aromatic carbocycles. The van der Waals surface area contributed by atoms with Gasteiger partial charge in [-0.1, -0.05) is 18.2 Å². The van der Waals surface area contributed by atoms with E-state index in [-0.39, 0.29) is 18.0 Å². The van der Waals surface area contributed by atoms with Gasteiger partial charge in [0.15, 0.2) is 11.6 Å². The van der Waals surface area contributed by atoms with Crippen molar-refractivity contribution in [2.24, 2.45) is 0 Å². The van der Waals surface area contributed by atoms with Crippen LogP contribution in [0.25, 0.3) is 5.69 Å². The van der Waals surface area contributed by atoms with Crippen LogP contribution >= 0.6 is 0 Å². The SMILES string of the molecule is O=C(Nc1cccc(-n2cnnn2)c1)[C@H]1CCCN1Cc1cccc(F)c1F. The van der Waals surface area contributed by atoms with E-state index in [4.69, 9.17) is 0 Å². The Balaban J connectivity index is 1.47. The Kier molecular flexibility index (Phi) is 5.07. The molecule has 1 amide bonds. The van der Waals surface area contributed by atoms with E-state index in [2.05, 4.69) is 20.8 Å². The molecular formula is C19H18F2N6O. The van der Waals surface area contributed by atoms with E-state index in [0.29, 0.717) is 24.3 Å². The molecule has 0 radical (unpaired) electrons. The van der Waals surface area contributed by atoms with Gasteiger partial charge in [-0.25, -0.2) is 13.5 Å². The smallest absolute Gasteiger partial charge is 0.241 e. The molecule has 1 N–H and O–H groups in total. The topological polar surface area (TPSA) is 75.9 Å². The molecule has 0 bridgehead atoms. The van der Waals surface area contributed by atoms with Gasteiger partial charge in [0, 0.05) is 17.8 Å². The van der Waals surface area contributed by atoms with Gasteiger partial charge in [0.25, 0.3) is 0 Å². The third-order valence-corrected chi connectivity index (χ3v) is 4.80. The van der Waals surface area contributed by atoms with Crippen molar-refractivity contribution < 1.29 is 13.6 Å². The first-order valence-corrected chi connectivity index (χ1v) is 8.93. The summed E-state index contributed by atoms with van der Waals surface area (Å²) in [5.74, 6) is -1.91. The molecule has 0 unspecified atom stereocenters. The van der Waals surface area contributed by atoms with Gasteiger partial charge in [-0.05, 0) is 54.1 Å². The van der Waals surface area contributed by atoms with Crippen LogP contribution in [0.15, 0.2) is 48.8 Å². The van der Waals surface area contributed by atoms with Crippen LogP contribution in [0.4, 0.5) is 14.5 Å². The van der Waals surface area contributed by atoms with Crippen molar-refractivity contribution in [1.29, 1.82) is 0 Å². The minimum atomic E-state index is -0.878. The maximum atomic E-state index is 14.0. The first-order chi connectivity index (χ1) is 13.6. The van der Waals surface area contributed by atoms with E-state index in [9.17, 15) is 13.6 Å². The van der Waals surface area contributed by atoms with Crippen LogP contribution in [-0.4, -0.2) is 43.6 Å². The number of aromatic nitrogens is 4. The molecule has 0 spiro atoms. The Morgan fingerprint density at radius 2 is 2.07 bits per heavy atom. The summed E-state index contributed by atoms with van der Waals surface area (Å²) < 4.78 is 28.9. The van der Waals surface area contributed by atoms with Gasteiger partial charge >= 0.3 is 0 Å². The number of nitrogens with zero attached hydrogens (tertiary/aromatic N) is 5. The van der Waals surface area contributed by atoms with E-state index in [1.54, 1.807) is 24.3 Å². The van der Waals surface area contributed by atoms with Crippen molar-refractivity contribution in [3.63, 3.8) is 0 Å². The summed E-state index contributed by atoms with van der Waals surface area (Å²) in [6, 6.07) is 10.9. The minimum Gasteiger partial charge on any atom is -0.325 e. The van der Waals surface area contributed by atoms with E-state index in [1.165, 1.54) is 17.1 Å². The lowest BCUT2D eigenvalue weighted by Gasteiger charge is -2.24. The zero-order valence-electron chi connectivity index (χ0n) is 14.9. The fourth-order valence-corrected chi connectivity index (χ4v) is 3.43. The van der Waals surface area contributed by atoms with E-state index in [0.717, 1.165) is 12.5 Å². The molecule has 3 aromatic rings. The summed E-state index contributed by atoms with van der Waals surface area (Å²) in [6.45, 7) is 0.838. The number of carbonyl (C=O) groups excluding carboxylic acids is 1. The van der Waals surface area contributed by atoms with Gasteiger partial charge in [0.1, 0.15) is 6.33 Å². The highest BCUT2D eigenvalue weighted by Gasteiger charge is 2.31. The Morgan fingerprint density at radius 1 is 1.21 bits per heavy atom. The number of nitrogens with one attached hydrogen (secondary N) is 1. The second-order valence-electron chi connectivity index (χ2n) is 6.64. The third-order valence-electron chi connectivity index (χ3n) is 4.80. The molecule has 0 saturated carbocycles. The molecule has 9 heteroatoms. The van der Waals surface area contributed by atoms with Crippen LogP contribution in [-0.2, 0) is 11.3 Å². The standard InChI is InChI=1S/C19H18F2N6O/c20-16-7-1-4-13(18(16)21)11-26-9-3-8-17(26)19(28)23-14-5-2-6-15(10-14)27-12-22-24-25-27/h1-2,4-7,10,12,17H,3,8-9,11H2,(H,23,28)/t17-/m1/s1. The number of hydrogen-bond donors (Lipinski definition) is 1. The first-order valence-electron chi connectivity index (χ1n) is 8.93. The Morgan fingerprint density at radius 3 is 2.89 bits per heavy atom. The van der Waals surface area contributed by atoms with Gasteiger partial charge in [0.2, 0.25) is 5.91 Å². The molecule has 2 heterocycles. The van der Waals surface area contributed by atoms with Gasteiger partial charge in [-0.3, -0.25) is 9.69 Å². The third kappa shape index (κ3) is 3.74. The van der Waals surface area contributed by atoms with Gasteiger partial charge in [0.05, 0.1) is 11.7 Å². The van der Waals surface area contributed by atoms with Crippen molar-refractivity contribution in [1.82, 2.24) is 25.1 Å². The summed E-state index contributed by atoms with van der Waals surface area (Å²) in [5, 5.41) is 13.9. The lowest BCUT2D eigenvalue weighted by atomic mass is 10.1. The largest absolute Gasteiger partial charge is 0.325 e. The van der Waals surface area contributed by atoms with Gasteiger partial charge in [-0.2, -0.15) is 0 Å². The summed E-state index contributed by atoms with van der Waals surface area (Å²) in [6.07, 6.45) is 2.95. The van der Waals surface area contributed by atoms with Gasteiger partial charge < -0.3 is 5.32 Å². The molecule has 1 aliphatic rings. The highest BCUT2D eigenvalue weighted by molar-refractivity contribution is 5.95. The van der Waals surface area contributed by atoms with Crippen LogP contribution in [0, 0.1) is 11.6 Å². The predicted molar refractivity (Wildman–Crippen MR) is 97.6 cm³/mol. The summed E-state index contributed by atoms with van der Waals surface area (Å²) in [7, 11) is 0. The van der Waals surface area contributed by atoms with Crippen molar-refractivity contribution in [3.05, 3.63) is 66.0 Å². The van der Waals surface area contributed by atoms with Crippen molar-refractivity contribution in [3.8, 4) is 5.69 Å². The molecule has 1 atom stereocenters. The van der Waals surface area contributed by atoms with Crippen LogP contribution in [0.3, 0.4) is 0 Å².